The van der Waals surface area contributed by atoms with Gasteiger partial charge in [-0.1, -0.05) is 6.07 Å². The van der Waals surface area contributed by atoms with Crippen LogP contribution in [0, 0.1) is 5.82 Å². The summed E-state index contributed by atoms with van der Waals surface area (Å²) in [5.74, 6) is 0.0833. The SMILES string of the molecule is Fc1cccc(Br)c1C1=NCCO1. The van der Waals surface area contributed by atoms with Crippen molar-refractivity contribution in [3.05, 3.63) is 34.1 Å². The van der Waals surface area contributed by atoms with Crippen LogP contribution in [0.25, 0.3) is 0 Å². The zero-order chi connectivity index (χ0) is 9.26. The van der Waals surface area contributed by atoms with E-state index in [4.69, 9.17) is 4.74 Å². The monoisotopic (exact) mass is 243 g/mol. The fourth-order valence-corrected chi connectivity index (χ4v) is 1.70. The summed E-state index contributed by atoms with van der Waals surface area (Å²) in [6.45, 7) is 1.15. The first-order valence-electron chi connectivity index (χ1n) is 3.90. The average molecular weight is 244 g/mol. The first kappa shape index (κ1) is 8.69. The van der Waals surface area contributed by atoms with Crippen LogP contribution in [0.1, 0.15) is 5.56 Å². The van der Waals surface area contributed by atoms with Gasteiger partial charge in [-0.3, -0.25) is 0 Å². The van der Waals surface area contributed by atoms with Crippen LogP contribution in [0.3, 0.4) is 0 Å². The van der Waals surface area contributed by atoms with Gasteiger partial charge in [0, 0.05) is 4.47 Å². The second-order valence-corrected chi connectivity index (χ2v) is 3.49. The van der Waals surface area contributed by atoms with E-state index in [-0.39, 0.29) is 5.82 Å². The molecule has 0 saturated carbocycles. The molecule has 68 valence electrons. The highest BCUT2D eigenvalue weighted by Gasteiger charge is 2.17. The molecule has 0 saturated heterocycles. The molecule has 13 heavy (non-hydrogen) atoms. The van der Waals surface area contributed by atoms with Crippen molar-refractivity contribution in [2.75, 3.05) is 13.2 Å². The Balaban J connectivity index is 2.49. The van der Waals surface area contributed by atoms with Gasteiger partial charge in [-0.2, -0.15) is 0 Å². The van der Waals surface area contributed by atoms with Crippen LogP contribution in [0.2, 0.25) is 0 Å². The van der Waals surface area contributed by atoms with Gasteiger partial charge in [0.2, 0.25) is 5.90 Å². The Labute approximate surface area is 83.6 Å². The number of rotatable bonds is 1. The predicted molar refractivity (Wildman–Crippen MR) is 51.5 cm³/mol. The van der Waals surface area contributed by atoms with Crippen molar-refractivity contribution < 1.29 is 9.13 Å². The Kier molecular flexibility index (Phi) is 2.31. The van der Waals surface area contributed by atoms with E-state index < -0.39 is 0 Å². The third-order valence-electron chi connectivity index (χ3n) is 1.76. The van der Waals surface area contributed by atoms with Crippen LogP contribution in [-0.2, 0) is 4.74 Å². The molecule has 2 nitrogen and oxygen atoms in total. The van der Waals surface area contributed by atoms with Gasteiger partial charge in [-0.05, 0) is 28.1 Å². The summed E-state index contributed by atoms with van der Waals surface area (Å²) >= 11 is 3.26. The van der Waals surface area contributed by atoms with E-state index >= 15 is 0 Å². The van der Waals surface area contributed by atoms with Gasteiger partial charge in [-0.15, -0.1) is 0 Å². The first-order valence-corrected chi connectivity index (χ1v) is 4.70. The maximum atomic E-state index is 13.3. The number of hydrogen-bond acceptors (Lipinski definition) is 2. The molecule has 0 N–H and O–H groups in total. The van der Waals surface area contributed by atoms with Crippen molar-refractivity contribution in [1.29, 1.82) is 0 Å². The summed E-state index contributed by atoms with van der Waals surface area (Å²) in [5, 5.41) is 0. The van der Waals surface area contributed by atoms with Gasteiger partial charge in [0.15, 0.2) is 0 Å². The Hall–Kier alpha value is -0.900. The van der Waals surface area contributed by atoms with Crippen LogP contribution in [-0.4, -0.2) is 19.0 Å². The van der Waals surface area contributed by atoms with Crippen molar-refractivity contribution >= 4 is 21.8 Å². The van der Waals surface area contributed by atoms with E-state index in [0.717, 1.165) is 0 Å². The lowest BCUT2D eigenvalue weighted by atomic mass is 10.2. The molecule has 0 unspecified atom stereocenters. The molecule has 1 heterocycles. The summed E-state index contributed by atoms with van der Waals surface area (Å²) < 4.78 is 19.2. The first-order chi connectivity index (χ1) is 6.29. The van der Waals surface area contributed by atoms with Gasteiger partial charge in [0.1, 0.15) is 12.4 Å². The number of benzene rings is 1. The largest absolute Gasteiger partial charge is 0.475 e. The lowest BCUT2D eigenvalue weighted by Crippen LogP contribution is -2.05. The molecule has 0 amide bonds. The lowest BCUT2D eigenvalue weighted by molar-refractivity contribution is 0.347. The molecule has 0 aromatic heterocycles. The summed E-state index contributed by atoms with van der Waals surface area (Å²) in [4.78, 5) is 4.05. The van der Waals surface area contributed by atoms with Crippen molar-refractivity contribution in [2.24, 2.45) is 4.99 Å². The molecular weight excluding hydrogens is 237 g/mol. The Morgan fingerprint density at radius 2 is 2.31 bits per heavy atom. The zero-order valence-corrected chi connectivity index (χ0v) is 8.34. The van der Waals surface area contributed by atoms with Crippen molar-refractivity contribution in [1.82, 2.24) is 0 Å². The third-order valence-corrected chi connectivity index (χ3v) is 2.42. The minimum Gasteiger partial charge on any atom is -0.475 e. The molecule has 0 fully saturated rings. The Morgan fingerprint density at radius 3 is 2.92 bits per heavy atom. The molecule has 1 aromatic rings. The highest BCUT2D eigenvalue weighted by molar-refractivity contribution is 9.10. The molecule has 0 atom stereocenters. The second kappa shape index (κ2) is 3.46. The number of ether oxygens (including phenoxy) is 1. The molecule has 1 aliphatic heterocycles. The van der Waals surface area contributed by atoms with Gasteiger partial charge in [0.05, 0.1) is 12.1 Å². The van der Waals surface area contributed by atoms with E-state index in [1.165, 1.54) is 6.07 Å². The third kappa shape index (κ3) is 1.58. The molecule has 4 heteroatoms. The fourth-order valence-electron chi connectivity index (χ4n) is 1.19. The van der Waals surface area contributed by atoms with Crippen molar-refractivity contribution in [3.8, 4) is 0 Å². The predicted octanol–water partition coefficient (Wildman–Crippen LogP) is 2.37. The topological polar surface area (TPSA) is 21.6 Å². The molecule has 0 bridgehead atoms. The van der Waals surface area contributed by atoms with E-state index in [9.17, 15) is 4.39 Å². The van der Waals surface area contributed by atoms with Crippen LogP contribution < -0.4 is 0 Å². The van der Waals surface area contributed by atoms with Crippen molar-refractivity contribution in [3.63, 3.8) is 0 Å². The maximum absolute atomic E-state index is 13.3. The van der Waals surface area contributed by atoms with Crippen LogP contribution >= 0.6 is 15.9 Å². The number of aliphatic imine (C=N–C) groups is 1. The Bertz CT molecular complexity index is 344. The van der Waals surface area contributed by atoms with Crippen LogP contribution in [0.4, 0.5) is 4.39 Å². The van der Waals surface area contributed by atoms with E-state index in [2.05, 4.69) is 20.9 Å². The summed E-state index contributed by atoms with van der Waals surface area (Å²) in [5.41, 5.74) is 0.417. The fraction of sp³-hybridized carbons (Fsp3) is 0.222. The number of hydrogen-bond donors (Lipinski definition) is 0. The Morgan fingerprint density at radius 1 is 1.46 bits per heavy atom. The minimum atomic E-state index is -0.310. The minimum absolute atomic E-state index is 0.310. The van der Waals surface area contributed by atoms with Gasteiger partial charge in [0.25, 0.3) is 0 Å². The van der Waals surface area contributed by atoms with Gasteiger partial charge < -0.3 is 4.74 Å². The number of halogens is 2. The second-order valence-electron chi connectivity index (χ2n) is 2.63. The normalized spacial score (nSPS) is 15.4. The molecule has 1 aromatic carbocycles. The van der Waals surface area contributed by atoms with Crippen LogP contribution in [0.5, 0.6) is 0 Å². The van der Waals surface area contributed by atoms with E-state index in [1.54, 1.807) is 12.1 Å². The molecule has 0 radical (unpaired) electrons. The lowest BCUT2D eigenvalue weighted by Gasteiger charge is -2.04. The quantitative estimate of drug-likeness (QED) is 0.743. The maximum Gasteiger partial charge on any atom is 0.220 e. The standard InChI is InChI=1S/C9H7BrFNO/c10-6-2-1-3-7(11)8(6)9-12-4-5-13-9/h1-3H,4-5H2. The van der Waals surface area contributed by atoms with Gasteiger partial charge >= 0.3 is 0 Å². The molecular formula is C9H7BrFNO. The van der Waals surface area contributed by atoms with E-state index in [1.807, 2.05) is 0 Å². The highest BCUT2D eigenvalue weighted by Crippen LogP contribution is 2.22. The summed E-state index contributed by atoms with van der Waals surface area (Å²) in [6, 6.07) is 4.80. The smallest absolute Gasteiger partial charge is 0.220 e. The molecule has 0 spiro atoms. The molecule has 1 aliphatic rings. The molecule has 2 rings (SSSR count). The highest BCUT2D eigenvalue weighted by atomic mass is 79.9. The molecule has 0 aliphatic carbocycles. The number of nitrogens with zero attached hydrogens (tertiary/aromatic N) is 1. The zero-order valence-electron chi connectivity index (χ0n) is 6.76. The van der Waals surface area contributed by atoms with E-state index in [0.29, 0.717) is 29.1 Å². The van der Waals surface area contributed by atoms with Gasteiger partial charge in [-0.25, -0.2) is 9.38 Å². The summed E-state index contributed by atoms with van der Waals surface area (Å²) in [6.07, 6.45) is 0. The van der Waals surface area contributed by atoms with Crippen molar-refractivity contribution in [2.45, 2.75) is 0 Å². The summed E-state index contributed by atoms with van der Waals surface area (Å²) in [7, 11) is 0. The average Bonchev–Trinajstić information content (AvgIpc) is 2.57. The van der Waals surface area contributed by atoms with Crippen LogP contribution in [0.15, 0.2) is 27.7 Å².